The number of carbonyl (C=O) groups is 1. The molecule has 3 rings (SSSR count). The largest absolute Gasteiger partial charge is 0.287 e. The van der Waals surface area contributed by atoms with Crippen LogP contribution >= 0.6 is 11.6 Å². The lowest BCUT2D eigenvalue weighted by molar-refractivity contribution is 0.106. The zero-order chi connectivity index (χ0) is 17.6. The molecule has 6 nitrogen and oxygen atoms in total. The number of nitrogens with zero attached hydrogens (tertiary/aromatic N) is 2. The smallest absolute Gasteiger partial charge is 0.285 e. The fourth-order valence-electron chi connectivity index (χ4n) is 2.15. The van der Waals surface area contributed by atoms with E-state index in [0.717, 1.165) is 0 Å². The monoisotopic (exact) mass is 352 g/mol. The van der Waals surface area contributed by atoms with E-state index in [-0.39, 0.29) is 22.2 Å². The molecule has 0 atom stereocenters. The van der Waals surface area contributed by atoms with Gasteiger partial charge in [-0.25, -0.2) is 5.10 Å². The maximum absolute atomic E-state index is 12.8. The minimum atomic E-state index is -0.544. The fraction of sp³-hybridized carbons (Fsp3) is 0. The van der Waals surface area contributed by atoms with Gasteiger partial charge in [0.15, 0.2) is 0 Å². The number of H-pyrrole nitrogens is 1. The van der Waals surface area contributed by atoms with Crippen molar-refractivity contribution in [1.82, 2.24) is 10.2 Å². The van der Waals surface area contributed by atoms with Gasteiger partial charge in [0.2, 0.25) is 5.78 Å². The van der Waals surface area contributed by atoms with Gasteiger partial charge in [0, 0.05) is 11.1 Å². The number of benzene rings is 2. The maximum Gasteiger partial charge on any atom is 0.285 e. The van der Waals surface area contributed by atoms with E-state index in [4.69, 9.17) is 11.6 Å². The van der Waals surface area contributed by atoms with E-state index in [9.17, 15) is 9.59 Å². The maximum atomic E-state index is 12.8. The summed E-state index contributed by atoms with van der Waals surface area (Å²) >= 11 is 5.92. The molecule has 25 heavy (non-hydrogen) atoms. The van der Waals surface area contributed by atoms with Gasteiger partial charge in [0.25, 0.3) is 5.56 Å². The van der Waals surface area contributed by atoms with E-state index in [1.165, 1.54) is 6.20 Å². The fourth-order valence-corrected chi connectivity index (χ4v) is 2.28. The highest BCUT2D eigenvalue weighted by atomic mass is 35.5. The first-order chi connectivity index (χ1) is 12.2. The second-order valence-electron chi connectivity index (χ2n) is 5.06. The number of aromatic nitrogens is 2. The molecule has 0 aliphatic rings. The summed E-state index contributed by atoms with van der Waals surface area (Å²) in [5.41, 5.74) is 3.66. The van der Waals surface area contributed by atoms with Gasteiger partial charge >= 0.3 is 0 Å². The number of rotatable bonds is 5. The highest BCUT2D eigenvalue weighted by Gasteiger charge is 2.16. The Morgan fingerprint density at radius 2 is 1.60 bits per heavy atom. The Morgan fingerprint density at radius 1 is 1.00 bits per heavy atom. The van der Waals surface area contributed by atoms with Crippen LogP contribution in [-0.2, 0) is 0 Å². The van der Waals surface area contributed by atoms with E-state index >= 15 is 0 Å². The van der Waals surface area contributed by atoms with Crippen molar-refractivity contribution in [2.75, 3.05) is 5.43 Å². The third kappa shape index (κ3) is 3.81. The highest BCUT2D eigenvalue weighted by molar-refractivity contribution is 6.51. The van der Waals surface area contributed by atoms with Crippen LogP contribution < -0.4 is 11.0 Å². The Balaban J connectivity index is 2.01. The van der Waals surface area contributed by atoms with Crippen molar-refractivity contribution < 1.29 is 4.79 Å². The molecule has 0 bridgehead atoms. The summed E-state index contributed by atoms with van der Waals surface area (Å²) in [4.78, 5) is 24.3. The number of carbonyl (C=O) groups excluding carboxylic acids is 1. The second-order valence-corrected chi connectivity index (χ2v) is 5.44. The topological polar surface area (TPSA) is 87.2 Å². The van der Waals surface area contributed by atoms with E-state index in [2.05, 4.69) is 20.7 Å². The molecule has 0 spiro atoms. The predicted molar refractivity (Wildman–Crippen MR) is 97.2 cm³/mol. The SMILES string of the molecule is O=C(/C(=N/Nc1cn[nH]c(=O)c1Cl)c1ccccc1)c1ccccc1. The Labute approximate surface area is 148 Å². The summed E-state index contributed by atoms with van der Waals surface area (Å²) in [5, 5.41) is 9.97. The van der Waals surface area contributed by atoms with Crippen LogP contribution in [0.15, 0.2) is 76.8 Å². The molecule has 1 heterocycles. The highest BCUT2D eigenvalue weighted by Crippen LogP contribution is 2.15. The van der Waals surface area contributed by atoms with Crippen molar-refractivity contribution in [2.24, 2.45) is 5.10 Å². The minimum absolute atomic E-state index is 0.0849. The van der Waals surface area contributed by atoms with Crippen molar-refractivity contribution in [1.29, 1.82) is 0 Å². The van der Waals surface area contributed by atoms with Crippen molar-refractivity contribution in [3.8, 4) is 0 Å². The molecule has 0 saturated carbocycles. The molecular formula is C18H13ClN4O2. The van der Waals surface area contributed by atoms with E-state index in [1.54, 1.807) is 36.4 Å². The van der Waals surface area contributed by atoms with Gasteiger partial charge in [-0.1, -0.05) is 72.3 Å². The number of ketones is 1. The molecule has 0 aliphatic carbocycles. The number of halogens is 1. The molecule has 3 aromatic rings. The van der Waals surface area contributed by atoms with Crippen LogP contribution in [0.2, 0.25) is 5.02 Å². The molecule has 0 radical (unpaired) electrons. The molecule has 0 aliphatic heterocycles. The lowest BCUT2D eigenvalue weighted by Crippen LogP contribution is -2.18. The first-order valence-corrected chi connectivity index (χ1v) is 7.76. The molecule has 0 saturated heterocycles. The molecule has 2 aromatic carbocycles. The van der Waals surface area contributed by atoms with Gasteiger partial charge in [0.1, 0.15) is 16.4 Å². The summed E-state index contributed by atoms with van der Waals surface area (Å²) in [7, 11) is 0. The van der Waals surface area contributed by atoms with Gasteiger partial charge in [0.05, 0.1) is 6.20 Å². The van der Waals surface area contributed by atoms with Gasteiger partial charge < -0.3 is 0 Å². The van der Waals surface area contributed by atoms with Gasteiger partial charge in [-0.3, -0.25) is 15.0 Å². The Bertz CT molecular complexity index is 969. The van der Waals surface area contributed by atoms with Crippen LogP contribution in [0.1, 0.15) is 15.9 Å². The zero-order valence-corrected chi connectivity index (χ0v) is 13.7. The first kappa shape index (κ1) is 16.6. The van der Waals surface area contributed by atoms with Crippen LogP contribution in [0.3, 0.4) is 0 Å². The molecule has 0 amide bonds. The molecule has 1 aromatic heterocycles. The van der Waals surface area contributed by atoms with Crippen LogP contribution in [-0.4, -0.2) is 21.7 Å². The lowest BCUT2D eigenvalue weighted by atomic mass is 10.0. The summed E-state index contributed by atoms with van der Waals surface area (Å²) in [6.45, 7) is 0. The van der Waals surface area contributed by atoms with Gasteiger partial charge in [-0.15, -0.1) is 0 Å². The lowest BCUT2D eigenvalue weighted by Gasteiger charge is -2.08. The Kier molecular flexibility index (Phi) is 5.01. The molecule has 7 heteroatoms. The Hall–Kier alpha value is -3.25. The van der Waals surface area contributed by atoms with E-state index in [1.807, 2.05) is 24.3 Å². The van der Waals surface area contributed by atoms with Crippen molar-refractivity contribution >= 4 is 28.8 Å². The zero-order valence-electron chi connectivity index (χ0n) is 12.9. The van der Waals surface area contributed by atoms with E-state index in [0.29, 0.717) is 11.1 Å². The standard InChI is InChI=1S/C18H13ClN4O2/c19-15-14(11-20-23-18(15)25)21-22-16(12-7-3-1-4-8-12)17(24)13-9-5-2-6-10-13/h1-11H,(H2,21,23,25)/b22-16+. The molecule has 124 valence electrons. The summed E-state index contributed by atoms with van der Waals surface area (Å²) < 4.78 is 0. The number of anilines is 1. The number of hydrogen-bond acceptors (Lipinski definition) is 5. The minimum Gasteiger partial charge on any atom is -0.287 e. The normalized spacial score (nSPS) is 11.2. The van der Waals surface area contributed by atoms with Crippen molar-refractivity contribution in [3.05, 3.63) is 93.4 Å². The van der Waals surface area contributed by atoms with Gasteiger partial charge in [-0.05, 0) is 0 Å². The van der Waals surface area contributed by atoms with Crippen LogP contribution in [0.25, 0.3) is 0 Å². The Morgan fingerprint density at radius 3 is 2.24 bits per heavy atom. The van der Waals surface area contributed by atoms with Crippen molar-refractivity contribution in [3.63, 3.8) is 0 Å². The molecule has 2 N–H and O–H groups in total. The number of Topliss-reactive ketones (excluding diaryl/α,β-unsaturated/α-hetero) is 1. The van der Waals surface area contributed by atoms with Crippen molar-refractivity contribution in [2.45, 2.75) is 0 Å². The molecular weight excluding hydrogens is 340 g/mol. The van der Waals surface area contributed by atoms with Gasteiger partial charge in [-0.2, -0.15) is 10.2 Å². The summed E-state index contributed by atoms with van der Waals surface area (Å²) in [5.74, 6) is -0.256. The third-order valence-corrected chi connectivity index (χ3v) is 3.76. The number of hydrazone groups is 1. The van der Waals surface area contributed by atoms with Crippen LogP contribution in [0, 0.1) is 0 Å². The predicted octanol–water partition coefficient (Wildman–Crippen LogP) is 3.12. The first-order valence-electron chi connectivity index (χ1n) is 7.39. The number of hydrogen-bond donors (Lipinski definition) is 2. The summed E-state index contributed by atoms with van der Waals surface area (Å²) in [6.07, 6.45) is 1.32. The second kappa shape index (κ2) is 7.55. The number of aromatic amines is 1. The summed E-state index contributed by atoms with van der Waals surface area (Å²) in [6, 6.07) is 17.8. The quantitative estimate of drug-likeness (QED) is 0.419. The average Bonchev–Trinajstić information content (AvgIpc) is 2.66. The molecule has 0 unspecified atom stereocenters. The van der Waals surface area contributed by atoms with Crippen LogP contribution in [0.5, 0.6) is 0 Å². The third-order valence-electron chi connectivity index (χ3n) is 3.38. The average molecular weight is 353 g/mol. The van der Waals surface area contributed by atoms with E-state index < -0.39 is 5.56 Å². The molecule has 0 fully saturated rings. The van der Waals surface area contributed by atoms with Crippen LogP contribution in [0.4, 0.5) is 5.69 Å². The number of nitrogens with one attached hydrogen (secondary N) is 2.